The minimum atomic E-state index is -0.0250. The highest BCUT2D eigenvalue weighted by molar-refractivity contribution is 7.00. The lowest BCUT2D eigenvalue weighted by Gasteiger charge is -2.49. The molecule has 3 heteroatoms. The Bertz CT molecular complexity index is 3210. The van der Waals surface area contributed by atoms with Gasteiger partial charge < -0.3 is 9.80 Å². The normalized spacial score (nSPS) is 30.0. The van der Waals surface area contributed by atoms with E-state index in [-0.39, 0.29) is 39.2 Å². The predicted molar refractivity (Wildman–Crippen MR) is 271 cm³/mol. The quantitative estimate of drug-likeness (QED) is 0.160. The molecule has 8 aliphatic rings. The Morgan fingerprint density at radius 1 is 0.446 bits per heavy atom. The molecule has 7 aromatic carbocycles. The number of benzene rings is 7. The van der Waals surface area contributed by atoms with Gasteiger partial charge in [-0.25, -0.2) is 0 Å². The van der Waals surface area contributed by atoms with E-state index in [0.29, 0.717) is 11.8 Å². The molecule has 4 bridgehead atoms. The number of para-hydroxylation sites is 2. The molecular formula is C62H57BN2. The molecule has 6 atom stereocenters. The van der Waals surface area contributed by atoms with E-state index in [0.717, 1.165) is 0 Å². The molecule has 2 spiro atoms. The first-order valence-electron chi connectivity index (χ1n) is 24.9. The minimum absolute atomic E-state index is 0.0250. The summed E-state index contributed by atoms with van der Waals surface area (Å²) in [5, 5.41) is 0. The van der Waals surface area contributed by atoms with Crippen LogP contribution in [0.25, 0.3) is 22.3 Å². The first-order valence-corrected chi connectivity index (χ1v) is 24.9. The maximum Gasteiger partial charge on any atom is 0.252 e. The van der Waals surface area contributed by atoms with Gasteiger partial charge >= 0.3 is 0 Å². The van der Waals surface area contributed by atoms with Crippen LogP contribution in [0.4, 0.5) is 34.1 Å². The molecule has 0 unspecified atom stereocenters. The van der Waals surface area contributed by atoms with Gasteiger partial charge in [0.1, 0.15) is 0 Å². The third-order valence-corrected chi connectivity index (χ3v) is 21.4. The molecular weight excluding hydrogens is 784 g/mol. The molecule has 0 aromatic heterocycles. The van der Waals surface area contributed by atoms with E-state index < -0.39 is 0 Å². The Morgan fingerprint density at radius 2 is 0.985 bits per heavy atom. The zero-order valence-corrected chi connectivity index (χ0v) is 38.8. The SMILES string of the molecule is CC1(C)[C@H]2CC[C@]1(C)[C@@]1(C2)c2ccccc2-c2cc3c(cc21)N(c1ccccc1)c1cccc2c1B3c1ccc3c(c1N2c1ccccc1)-c1ccccc1[C@]31C[C@H]2CC[C@]1(C)C2(C)C. The van der Waals surface area contributed by atoms with E-state index >= 15 is 0 Å². The number of nitrogens with zero attached hydrogens (tertiary/aromatic N) is 2. The second-order valence-corrected chi connectivity index (χ2v) is 23.3. The fourth-order valence-corrected chi connectivity index (χ4v) is 17.7. The van der Waals surface area contributed by atoms with Crippen molar-refractivity contribution < 1.29 is 0 Å². The Morgan fingerprint density at radius 3 is 1.58 bits per heavy atom. The highest BCUT2D eigenvalue weighted by atomic mass is 15.2. The van der Waals surface area contributed by atoms with Crippen molar-refractivity contribution in [2.24, 2.45) is 33.5 Å². The fourth-order valence-electron chi connectivity index (χ4n) is 17.7. The Hall–Kier alpha value is -5.80. The van der Waals surface area contributed by atoms with Crippen molar-refractivity contribution >= 4 is 57.2 Å². The van der Waals surface area contributed by atoms with Gasteiger partial charge in [0.15, 0.2) is 0 Å². The molecule has 0 amide bonds. The van der Waals surface area contributed by atoms with Gasteiger partial charge in [-0.2, -0.15) is 0 Å². The van der Waals surface area contributed by atoms with Crippen molar-refractivity contribution in [1.82, 2.24) is 0 Å². The molecule has 0 saturated heterocycles. The molecule has 2 nitrogen and oxygen atoms in total. The van der Waals surface area contributed by atoms with E-state index in [9.17, 15) is 0 Å². The zero-order chi connectivity index (χ0) is 43.6. The van der Waals surface area contributed by atoms with Crippen molar-refractivity contribution in [3.63, 3.8) is 0 Å². The van der Waals surface area contributed by atoms with Gasteiger partial charge in [-0.15, -0.1) is 0 Å². The van der Waals surface area contributed by atoms with Crippen LogP contribution >= 0.6 is 0 Å². The monoisotopic (exact) mass is 840 g/mol. The second kappa shape index (κ2) is 11.8. The van der Waals surface area contributed by atoms with Crippen LogP contribution in [0.1, 0.15) is 102 Å². The number of hydrogen-bond donors (Lipinski definition) is 0. The summed E-state index contributed by atoms with van der Waals surface area (Å²) < 4.78 is 0. The van der Waals surface area contributed by atoms with Crippen molar-refractivity contribution in [2.45, 2.75) is 90.9 Å². The molecule has 4 saturated carbocycles. The molecule has 6 aliphatic carbocycles. The Kier molecular flexibility index (Phi) is 6.78. The van der Waals surface area contributed by atoms with Crippen molar-refractivity contribution in [3.8, 4) is 22.3 Å². The Labute approximate surface area is 385 Å². The van der Waals surface area contributed by atoms with Gasteiger partial charge in [0.25, 0.3) is 6.71 Å². The highest BCUT2D eigenvalue weighted by Gasteiger charge is 2.73. The van der Waals surface area contributed by atoms with Crippen molar-refractivity contribution in [2.75, 3.05) is 9.80 Å². The number of rotatable bonds is 2. The molecule has 318 valence electrons. The first-order chi connectivity index (χ1) is 31.5. The topological polar surface area (TPSA) is 6.48 Å². The largest absolute Gasteiger partial charge is 0.311 e. The lowest BCUT2D eigenvalue weighted by Crippen LogP contribution is -2.61. The van der Waals surface area contributed by atoms with Gasteiger partial charge in [0.2, 0.25) is 0 Å². The number of hydrogen-bond acceptors (Lipinski definition) is 2. The van der Waals surface area contributed by atoms with Gasteiger partial charge in [-0.3, -0.25) is 0 Å². The summed E-state index contributed by atoms with van der Waals surface area (Å²) in [7, 11) is 0. The van der Waals surface area contributed by atoms with Crippen molar-refractivity contribution in [1.29, 1.82) is 0 Å². The number of fused-ring (bicyclic) bond motifs is 21. The van der Waals surface area contributed by atoms with Crippen molar-refractivity contribution in [3.05, 3.63) is 174 Å². The molecule has 15 rings (SSSR count). The van der Waals surface area contributed by atoms with E-state index in [1.807, 2.05) is 0 Å². The molecule has 7 aromatic rings. The standard InChI is InChI=1S/C62H57BN2/c1-57(2)38-30-32-59(57,5)61(36-38)46-25-16-14-23-43(46)54-47(61)28-29-49-56(54)65(41-20-11-8-12-21-41)52-27-17-26-51-55(52)63(49)50-34-44-42-22-13-15-24-45(42)62(37-39-31-33-60(62,6)58(39,3)4)48(44)35-53(50)64(51)40-18-9-7-10-19-40/h7-29,34-35,38-39H,30-33,36-37H2,1-6H3/t38-,39+,59-,60+,61-,62+/m1/s1. The minimum Gasteiger partial charge on any atom is -0.311 e. The van der Waals surface area contributed by atoms with Gasteiger partial charge in [-0.05, 0) is 170 Å². The number of anilines is 6. The van der Waals surface area contributed by atoms with Crippen LogP contribution in [0.3, 0.4) is 0 Å². The van der Waals surface area contributed by atoms with E-state index in [4.69, 9.17) is 0 Å². The van der Waals surface area contributed by atoms with Crippen LogP contribution in [0.5, 0.6) is 0 Å². The van der Waals surface area contributed by atoms with Crippen LogP contribution in [-0.4, -0.2) is 6.71 Å². The summed E-state index contributed by atoms with van der Waals surface area (Å²) in [5.41, 5.74) is 24.9. The summed E-state index contributed by atoms with van der Waals surface area (Å²) in [5.74, 6) is 1.42. The molecule has 2 aliphatic heterocycles. The van der Waals surface area contributed by atoms with Gasteiger partial charge in [-0.1, -0.05) is 151 Å². The lowest BCUT2D eigenvalue weighted by molar-refractivity contribution is 0.0990. The van der Waals surface area contributed by atoms with Crippen LogP contribution in [0.15, 0.2) is 152 Å². The molecule has 0 N–H and O–H groups in total. The predicted octanol–water partition coefficient (Wildman–Crippen LogP) is 14.0. The summed E-state index contributed by atoms with van der Waals surface area (Å²) in [6, 6.07) is 59.7. The van der Waals surface area contributed by atoms with Crippen LogP contribution < -0.4 is 26.2 Å². The third kappa shape index (κ3) is 3.90. The second-order valence-electron chi connectivity index (χ2n) is 23.3. The van der Waals surface area contributed by atoms with Crippen LogP contribution in [0.2, 0.25) is 0 Å². The van der Waals surface area contributed by atoms with Gasteiger partial charge in [0.05, 0.1) is 0 Å². The van der Waals surface area contributed by atoms with Crippen LogP contribution in [0, 0.1) is 33.5 Å². The maximum atomic E-state index is 2.73. The first kappa shape index (κ1) is 37.4. The summed E-state index contributed by atoms with van der Waals surface area (Å²) in [6.45, 7) is 15.8. The van der Waals surface area contributed by atoms with E-state index in [1.165, 1.54) is 111 Å². The smallest absolute Gasteiger partial charge is 0.252 e. The maximum absolute atomic E-state index is 2.73. The van der Waals surface area contributed by atoms with E-state index in [2.05, 4.69) is 203 Å². The highest BCUT2D eigenvalue weighted by Crippen LogP contribution is 2.80. The van der Waals surface area contributed by atoms with Crippen LogP contribution in [-0.2, 0) is 10.8 Å². The van der Waals surface area contributed by atoms with E-state index in [1.54, 1.807) is 22.3 Å². The third-order valence-electron chi connectivity index (χ3n) is 21.4. The summed E-state index contributed by atoms with van der Waals surface area (Å²) in [6.07, 6.45) is 7.69. The summed E-state index contributed by atoms with van der Waals surface area (Å²) >= 11 is 0. The summed E-state index contributed by atoms with van der Waals surface area (Å²) in [4.78, 5) is 5.33. The Balaban J connectivity index is 1.06. The molecule has 65 heavy (non-hydrogen) atoms. The molecule has 0 radical (unpaired) electrons. The average Bonchev–Trinajstić information content (AvgIpc) is 4.02. The molecule has 2 heterocycles. The fraction of sp³-hybridized carbons (Fsp3) is 0.323. The average molecular weight is 841 g/mol. The molecule has 4 fully saturated rings. The lowest BCUT2D eigenvalue weighted by atomic mass is 9.33. The van der Waals surface area contributed by atoms with Gasteiger partial charge in [0, 0.05) is 50.5 Å². The zero-order valence-electron chi connectivity index (χ0n) is 38.8.